The van der Waals surface area contributed by atoms with E-state index in [1.165, 1.54) is 57.8 Å². The second-order valence-corrected chi connectivity index (χ2v) is 9.38. The lowest BCUT2D eigenvalue weighted by Gasteiger charge is -2.37. The molecule has 1 aromatic rings. The van der Waals surface area contributed by atoms with E-state index in [1.54, 1.807) is 0 Å². The van der Waals surface area contributed by atoms with Crippen molar-refractivity contribution in [3.63, 3.8) is 0 Å². The molecule has 0 atom stereocenters. The highest BCUT2D eigenvalue weighted by atomic mass is 16.2. The van der Waals surface area contributed by atoms with Crippen molar-refractivity contribution in [1.82, 2.24) is 10.2 Å². The van der Waals surface area contributed by atoms with Crippen LogP contribution in [0.5, 0.6) is 0 Å². The molecule has 3 rings (SSSR count). The average Bonchev–Trinajstić information content (AvgIpc) is 2.78. The SMILES string of the molecule is C=C(N)NCC1CCC(CN(CC2CCCCC2)C(=O)N(C)c2ccccc2)CC1. The predicted octanol–water partition coefficient (Wildman–Crippen LogP) is 4.95. The van der Waals surface area contributed by atoms with Crippen LogP contribution in [0, 0.1) is 17.8 Å². The van der Waals surface area contributed by atoms with Crippen molar-refractivity contribution in [2.75, 3.05) is 31.6 Å². The molecule has 0 saturated heterocycles. The van der Waals surface area contributed by atoms with Crippen LogP contribution < -0.4 is 16.0 Å². The molecule has 2 saturated carbocycles. The van der Waals surface area contributed by atoms with Crippen LogP contribution in [0.4, 0.5) is 10.5 Å². The summed E-state index contributed by atoms with van der Waals surface area (Å²) in [6.45, 7) is 6.44. The Morgan fingerprint density at radius 1 is 0.967 bits per heavy atom. The molecule has 0 aliphatic heterocycles. The maximum Gasteiger partial charge on any atom is 0.324 e. The summed E-state index contributed by atoms with van der Waals surface area (Å²) in [5, 5.41) is 3.19. The maximum absolute atomic E-state index is 13.5. The van der Waals surface area contributed by atoms with Gasteiger partial charge in [-0.15, -0.1) is 0 Å². The van der Waals surface area contributed by atoms with Gasteiger partial charge < -0.3 is 16.0 Å². The van der Waals surface area contributed by atoms with E-state index in [1.807, 2.05) is 42.3 Å². The summed E-state index contributed by atoms with van der Waals surface area (Å²) in [4.78, 5) is 17.4. The van der Waals surface area contributed by atoms with E-state index in [2.05, 4.69) is 16.8 Å². The molecule has 166 valence electrons. The molecule has 30 heavy (non-hydrogen) atoms. The van der Waals surface area contributed by atoms with Crippen LogP contribution in [-0.2, 0) is 0 Å². The Labute approximate surface area is 182 Å². The monoisotopic (exact) mass is 412 g/mol. The molecular formula is C25H40N4O. The van der Waals surface area contributed by atoms with Gasteiger partial charge in [0.05, 0.1) is 5.82 Å². The number of nitrogens with two attached hydrogens (primary N) is 1. The van der Waals surface area contributed by atoms with Crippen molar-refractivity contribution in [2.24, 2.45) is 23.5 Å². The topological polar surface area (TPSA) is 61.6 Å². The third-order valence-electron chi connectivity index (χ3n) is 6.97. The Morgan fingerprint density at radius 3 is 2.13 bits per heavy atom. The molecule has 5 heteroatoms. The summed E-state index contributed by atoms with van der Waals surface area (Å²) in [5.41, 5.74) is 6.61. The minimum Gasteiger partial charge on any atom is -0.386 e. The fourth-order valence-electron chi connectivity index (χ4n) is 5.09. The molecule has 3 N–H and O–H groups in total. The molecule has 0 unspecified atom stereocenters. The number of hydrogen-bond donors (Lipinski definition) is 2. The number of benzene rings is 1. The van der Waals surface area contributed by atoms with Gasteiger partial charge in [-0.05, 0) is 68.4 Å². The van der Waals surface area contributed by atoms with Crippen molar-refractivity contribution in [3.8, 4) is 0 Å². The summed E-state index contributed by atoms with van der Waals surface area (Å²) < 4.78 is 0. The number of urea groups is 1. The van der Waals surface area contributed by atoms with Gasteiger partial charge in [-0.1, -0.05) is 44.0 Å². The number of para-hydroxylation sites is 1. The predicted molar refractivity (Wildman–Crippen MR) is 125 cm³/mol. The van der Waals surface area contributed by atoms with E-state index in [-0.39, 0.29) is 6.03 Å². The summed E-state index contributed by atoms with van der Waals surface area (Å²) in [6, 6.07) is 10.2. The largest absolute Gasteiger partial charge is 0.386 e. The molecule has 5 nitrogen and oxygen atoms in total. The first kappa shape index (κ1) is 22.5. The second-order valence-electron chi connectivity index (χ2n) is 9.38. The van der Waals surface area contributed by atoms with Gasteiger partial charge in [-0.25, -0.2) is 4.79 Å². The first-order valence-corrected chi connectivity index (χ1v) is 11.8. The molecular weight excluding hydrogens is 372 g/mol. The molecule has 2 aliphatic carbocycles. The molecule has 0 heterocycles. The molecule has 0 aromatic heterocycles. The fraction of sp³-hybridized carbons (Fsp3) is 0.640. The number of nitrogens with zero attached hydrogens (tertiary/aromatic N) is 2. The Kier molecular flexibility index (Phi) is 8.47. The van der Waals surface area contributed by atoms with Crippen LogP contribution in [0.15, 0.2) is 42.7 Å². The van der Waals surface area contributed by atoms with Crippen molar-refractivity contribution < 1.29 is 4.79 Å². The van der Waals surface area contributed by atoms with Gasteiger partial charge in [0.15, 0.2) is 0 Å². The number of carbonyl (C=O) groups is 1. The lowest BCUT2D eigenvalue weighted by molar-refractivity contribution is 0.156. The lowest BCUT2D eigenvalue weighted by Crippen LogP contribution is -2.46. The zero-order chi connectivity index (χ0) is 21.3. The highest BCUT2D eigenvalue weighted by Gasteiger charge is 2.28. The second kappa shape index (κ2) is 11.3. The number of amides is 2. The van der Waals surface area contributed by atoms with Crippen molar-refractivity contribution >= 4 is 11.7 Å². The molecule has 2 amide bonds. The van der Waals surface area contributed by atoms with Gasteiger partial charge in [-0.2, -0.15) is 0 Å². The standard InChI is InChI=1S/C25H40N4O/c1-20(26)27-17-21-13-15-23(16-14-21)19-29(18-22-9-5-3-6-10-22)25(30)28(2)24-11-7-4-8-12-24/h4,7-8,11-12,21-23,27H,1,3,5-6,9-10,13-19,26H2,2H3. The van der Waals surface area contributed by atoms with Crippen molar-refractivity contribution in [2.45, 2.75) is 57.8 Å². The smallest absolute Gasteiger partial charge is 0.324 e. The average molecular weight is 413 g/mol. The third kappa shape index (κ3) is 6.68. The molecule has 0 radical (unpaired) electrons. The lowest BCUT2D eigenvalue weighted by atomic mass is 9.81. The summed E-state index contributed by atoms with van der Waals surface area (Å²) in [7, 11) is 1.91. The number of rotatable bonds is 8. The van der Waals surface area contributed by atoms with Gasteiger partial charge in [-0.3, -0.25) is 4.90 Å². The minimum atomic E-state index is 0.148. The van der Waals surface area contributed by atoms with E-state index in [4.69, 9.17) is 5.73 Å². The van der Waals surface area contributed by atoms with Crippen molar-refractivity contribution in [3.05, 3.63) is 42.7 Å². The van der Waals surface area contributed by atoms with Crippen molar-refractivity contribution in [1.29, 1.82) is 0 Å². The first-order chi connectivity index (χ1) is 14.5. The fourth-order valence-corrected chi connectivity index (χ4v) is 5.09. The van der Waals surface area contributed by atoms with E-state index in [9.17, 15) is 4.79 Å². The van der Waals surface area contributed by atoms with E-state index in [0.717, 1.165) is 25.3 Å². The van der Waals surface area contributed by atoms with Crippen LogP contribution in [-0.4, -0.2) is 37.6 Å². The Bertz CT molecular complexity index is 663. The number of anilines is 1. The van der Waals surface area contributed by atoms with Crippen LogP contribution in [0.2, 0.25) is 0 Å². The Morgan fingerprint density at radius 2 is 1.53 bits per heavy atom. The van der Waals surface area contributed by atoms with Crippen LogP contribution in [0.25, 0.3) is 0 Å². The van der Waals surface area contributed by atoms with Gasteiger partial charge in [0.25, 0.3) is 0 Å². The van der Waals surface area contributed by atoms with Gasteiger partial charge in [0, 0.05) is 32.4 Å². The van der Waals surface area contributed by atoms with E-state index < -0.39 is 0 Å². The zero-order valence-electron chi connectivity index (χ0n) is 18.7. The molecule has 1 aromatic carbocycles. The van der Waals surface area contributed by atoms with Crippen LogP contribution >= 0.6 is 0 Å². The highest BCUT2D eigenvalue weighted by Crippen LogP contribution is 2.31. The zero-order valence-corrected chi connectivity index (χ0v) is 18.7. The number of nitrogens with one attached hydrogen (secondary N) is 1. The third-order valence-corrected chi connectivity index (χ3v) is 6.97. The van der Waals surface area contributed by atoms with Gasteiger partial charge >= 0.3 is 6.03 Å². The summed E-state index contributed by atoms with van der Waals surface area (Å²) in [6.07, 6.45) is 11.3. The molecule has 2 aliphatic rings. The Balaban J connectivity index is 1.60. The summed E-state index contributed by atoms with van der Waals surface area (Å²) in [5.74, 6) is 2.48. The molecule has 0 bridgehead atoms. The molecule has 0 spiro atoms. The van der Waals surface area contributed by atoms with Gasteiger partial charge in [0.1, 0.15) is 0 Å². The minimum absolute atomic E-state index is 0.148. The van der Waals surface area contributed by atoms with E-state index >= 15 is 0 Å². The highest BCUT2D eigenvalue weighted by molar-refractivity contribution is 5.91. The van der Waals surface area contributed by atoms with Crippen LogP contribution in [0.1, 0.15) is 57.8 Å². The van der Waals surface area contributed by atoms with E-state index in [0.29, 0.717) is 23.6 Å². The van der Waals surface area contributed by atoms with Crippen LogP contribution in [0.3, 0.4) is 0 Å². The summed E-state index contributed by atoms with van der Waals surface area (Å²) >= 11 is 0. The molecule has 2 fully saturated rings. The normalized spacial score (nSPS) is 22.3. The number of carbonyl (C=O) groups excluding carboxylic acids is 1. The quantitative estimate of drug-likeness (QED) is 0.635. The Hall–Kier alpha value is -2.17. The number of hydrogen-bond acceptors (Lipinski definition) is 3. The first-order valence-electron chi connectivity index (χ1n) is 11.8. The maximum atomic E-state index is 13.5. The van der Waals surface area contributed by atoms with Gasteiger partial charge in [0.2, 0.25) is 0 Å².